The summed E-state index contributed by atoms with van der Waals surface area (Å²) in [6.07, 6.45) is 0.125. The van der Waals surface area contributed by atoms with Crippen molar-refractivity contribution in [1.29, 1.82) is 0 Å². The molecule has 0 unspecified atom stereocenters. The van der Waals surface area contributed by atoms with E-state index in [9.17, 15) is 24.8 Å². The lowest BCUT2D eigenvalue weighted by Crippen LogP contribution is -2.31. The Bertz CT molecular complexity index is 871. The van der Waals surface area contributed by atoms with E-state index in [0.29, 0.717) is 12.2 Å². The van der Waals surface area contributed by atoms with E-state index >= 15 is 0 Å². The molecule has 0 spiro atoms. The molecule has 146 valence electrons. The molecular formula is C20H21N3O5. The van der Waals surface area contributed by atoms with Crippen LogP contribution in [0.5, 0.6) is 0 Å². The number of rotatable bonds is 7. The zero-order chi connectivity index (χ0) is 20.1. The van der Waals surface area contributed by atoms with Crippen molar-refractivity contribution in [3.8, 4) is 0 Å². The van der Waals surface area contributed by atoms with Crippen molar-refractivity contribution in [3.05, 3.63) is 70.3 Å². The first-order valence-electron chi connectivity index (χ1n) is 9.00. The van der Waals surface area contributed by atoms with E-state index < -0.39 is 16.8 Å². The Kier molecular flexibility index (Phi) is 5.88. The van der Waals surface area contributed by atoms with Crippen LogP contribution in [-0.4, -0.2) is 46.4 Å². The maximum atomic E-state index is 12.6. The number of hydrogen-bond acceptors (Lipinski definition) is 5. The second-order valence-electron chi connectivity index (χ2n) is 6.71. The molecule has 2 N–H and O–H groups in total. The first kappa shape index (κ1) is 19.3. The van der Waals surface area contributed by atoms with Gasteiger partial charge in [0.05, 0.1) is 10.8 Å². The highest BCUT2D eigenvalue weighted by Crippen LogP contribution is 2.33. The number of carbonyl (C=O) groups is 2. The molecule has 2 aromatic rings. The smallest absolute Gasteiger partial charge is 0.308 e. The minimum absolute atomic E-state index is 0.0498. The van der Waals surface area contributed by atoms with Crippen molar-refractivity contribution in [2.24, 2.45) is 5.92 Å². The molecule has 2 atom stereocenters. The van der Waals surface area contributed by atoms with Crippen LogP contribution >= 0.6 is 0 Å². The molecule has 1 aliphatic rings. The second-order valence-corrected chi connectivity index (χ2v) is 6.71. The lowest BCUT2D eigenvalue weighted by Gasteiger charge is -2.17. The summed E-state index contributed by atoms with van der Waals surface area (Å²) in [6, 6.07) is 15.6. The van der Waals surface area contributed by atoms with Crippen LogP contribution in [0.25, 0.3) is 0 Å². The van der Waals surface area contributed by atoms with E-state index in [2.05, 4.69) is 5.32 Å². The van der Waals surface area contributed by atoms with Gasteiger partial charge in [-0.1, -0.05) is 42.5 Å². The molecule has 0 aromatic heterocycles. The van der Waals surface area contributed by atoms with E-state index in [-0.39, 0.29) is 37.0 Å². The van der Waals surface area contributed by atoms with Gasteiger partial charge in [-0.2, -0.15) is 0 Å². The Morgan fingerprint density at radius 3 is 2.46 bits per heavy atom. The van der Waals surface area contributed by atoms with Crippen LogP contribution in [-0.2, 0) is 9.59 Å². The largest absolute Gasteiger partial charge is 0.481 e. The number of amides is 1. The summed E-state index contributed by atoms with van der Waals surface area (Å²) in [4.78, 5) is 36.3. The SMILES string of the molecule is O=C(O)[C@@H]1CN(C(=O)CCNc2ccccc2[N+](=O)[O-])C[C@@H]1c1ccccc1. The summed E-state index contributed by atoms with van der Waals surface area (Å²) in [7, 11) is 0. The number of para-hydroxylation sites is 2. The maximum Gasteiger partial charge on any atom is 0.308 e. The van der Waals surface area contributed by atoms with Gasteiger partial charge in [0.2, 0.25) is 5.91 Å². The van der Waals surface area contributed by atoms with Crippen LogP contribution in [0.1, 0.15) is 17.9 Å². The Morgan fingerprint density at radius 1 is 1.11 bits per heavy atom. The fraction of sp³-hybridized carbons (Fsp3) is 0.300. The second kappa shape index (κ2) is 8.51. The van der Waals surface area contributed by atoms with Crippen LogP contribution in [0, 0.1) is 16.0 Å². The van der Waals surface area contributed by atoms with Crippen molar-refractivity contribution in [2.45, 2.75) is 12.3 Å². The van der Waals surface area contributed by atoms with Gasteiger partial charge in [0.15, 0.2) is 0 Å². The number of carboxylic acids is 1. The molecular weight excluding hydrogens is 362 g/mol. The molecule has 1 amide bonds. The predicted octanol–water partition coefficient (Wildman–Crippen LogP) is 2.72. The van der Waals surface area contributed by atoms with Gasteiger partial charge < -0.3 is 15.3 Å². The number of carbonyl (C=O) groups excluding carboxylic acids is 1. The first-order chi connectivity index (χ1) is 13.5. The molecule has 0 bridgehead atoms. The van der Waals surface area contributed by atoms with Crippen LogP contribution in [0.3, 0.4) is 0 Å². The molecule has 1 aliphatic heterocycles. The number of nitro benzene ring substituents is 1. The van der Waals surface area contributed by atoms with E-state index in [0.717, 1.165) is 5.56 Å². The van der Waals surface area contributed by atoms with Gasteiger partial charge in [0.1, 0.15) is 5.69 Å². The predicted molar refractivity (Wildman–Crippen MR) is 103 cm³/mol. The Hall–Kier alpha value is -3.42. The van der Waals surface area contributed by atoms with Crippen LogP contribution in [0.2, 0.25) is 0 Å². The van der Waals surface area contributed by atoms with Crippen molar-refractivity contribution in [2.75, 3.05) is 25.0 Å². The quantitative estimate of drug-likeness (QED) is 0.561. The topological polar surface area (TPSA) is 113 Å². The Balaban J connectivity index is 1.61. The average Bonchev–Trinajstić information content (AvgIpc) is 3.15. The third-order valence-corrected chi connectivity index (χ3v) is 4.97. The molecule has 1 saturated heterocycles. The fourth-order valence-corrected chi connectivity index (χ4v) is 3.54. The van der Waals surface area contributed by atoms with Gasteiger partial charge in [-0.05, 0) is 11.6 Å². The van der Waals surface area contributed by atoms with Gasteiger partial charge in [-0.3, -0.25) is 19.7 Å². The number of anilines is 1. The lowest BCUT2D eigenvalue weighted by atomic mass is 9.89. The number of nitrogens with one attached hydrogen (secondary N) is 1. The third kappa shape index (κ3) is 4.28. The van der Waals surface area contributed by atoms with Gasteiger partial charge in [-0.25, -0.2) is 0 Å². The number of hydrogen-bond donors (Lipinski definition) is 2. The molecule has 1 fully saturated rings. The van der Waals surface area contributed by atoms with Gasteiger partial charge in [0, 0.05) is 38.0 Å². The molecule has 0 aliphatic carbocycles. The normalized spacial score (nSPS) is 18.6. The molecule has 8 heteroatoms. The minimum Gasteiger partial charge on any atom is -0.481 e. The summed E-state index contributed by atoms with van der Waals surface area (Å²) in [5, 5.41) is 23.5. The maximum absolute atomic E-state index is 12.6. The average molecular weight is 383 g/mol. The minimum atomic E-state index is -0.915. The van der Waals surface area contributed by atoms with Gasteiger partial charge >= 0.3 is 5.97 Å². The molecule has 28 heavy (non-hydrogen) atoms. The van der Waals surface area contributed by atoms with E-state index in [1.54, 1.807) is 23.1 Å². The van der Waals surface area contributed by atoms with Crippen molar-refractivity contribution >= 4 is 23.3 Å². The van der Waals surface area contributed by atoms with E-state index in [4.69, 9.17) is 0 Å². The van der Waals surface area contributed by atoms with Gasteiger partial charge in [0.25, 0.3) is 5.69 Å². The highest BCUT2D eigenvalue weighted by Gasteiger charge is 2.40. The Morgan fingerprint density at radius 2 is 1.79 bits per heavy atom. The highest BCUT2D eigenvalue weighted by molar-refractivity contribution is 5.80. The number of aliphatic carboxylic acids is 1. The summed E-state index contributed by atoms with van der Waals surface area (Å²) >= 11 is 0. The molecule has 3 rings (SSSR count). The molecule has 8 nitrogen and oxygen atoms in total. The van der Waals surface area contributed by atoms with Gasteiger partial charge in [-0.15, -0.1) is 0 Å². The molecule has 0 saturated carbocycles. The zero-order valence-electron chi connectivity index (χ0n) is 15.2. The zero-order valence-corrected chi connectivity index (χ0v) is 15.2. The summed E-state index contributed by atoms with van der Waals surface area (Å²) in [5.74, 6) is -1.97. The molecule has 2 aromatic carbocycles. The summed E-state index contributed by atoms with van der Waals surface area (Å²) < 4.78 is 0. The number of nitrogens with zero attached hydrogens (tertiary/aromatic N) is 2. The lowest BCUT2D eigenvalue weighted by molar-refractivity contribution is -0.384. The summed E-state index contributed by atoms with van der Waals surface area (Å²) in [6.45, 7) is 0.748. The van der Waals surface area contributed by atoms with E-state index in [1.807, 2.05) is 30.3 Å². The number of benzene rings is 2. The monoisotopic (exact) mass is 383 g/mol. The molecule has 1 heterocycles. The Labute approximate surface area is 161 Å². The van der Waals surface area contributed by atoms with Crippen LogP contribution in [0.15, 0.2) is 54.6 Å². The number of nitro groups is 1. The van der Waals surface area contributed by atoms with Crippen molar-refractivity contribution in [1.82, 2.24) is 4.90 Å². The molecule has 0 radical (unpaired) electrons. The summed E-state index contributed by atoms with van der Waals surface area (Å²) in [5.41, 5.74) is 1.21. The van der Waals surface area contributed by atoms with Crippen molar-refractivity contribution < 1.29 is 19.6 Å². The van der Waals surface area contributed by atoms with E-state index in [1.165, 1.54) is 6.07 Å². The van der Waals surface area contributed by atoms with Crippen LogP contribution < -0.4 is 5.32 Å². The third-order valence-electron chi connectivity index (χ3n) is 4.97. The standard InChI is InChI=1S/C20H21N3O5/c24-19(10-11-21-17-8-4-5-9-18(17)23(27)28)22-12-15(16(13-22)20(25)26)14-6-2-1-3-7-14/h1-9,15-16,21H,10-13H2,(H,25,26)/t15-,16-/m1/s1. The first-order valence-corrected chi connectivity index (χ1v) is 9.00. The fourth-order valence-electron chi connectivity index (χ4n) is 3.54. The number of carboxylic acid groups (broad SMARTS) is 1. The number of likely N-dealkylation sites (tertiary alicyclic amines) is 1. The van der Waals surface area contributed by atoms with Crippen molar-refractivity contribution in [3.63, 3.8) is 0 Å². The highest BCUT2D eigenvalue weighted by atomic mass is 16.6. The van der Waals surface area contributed by atoms with Crippen LogP contribution in [0.4, 0.5) is 11.4 Å².